The average molecular weight is 533 g/mol. The molecule has 0 spiro atoms. The number of rotatable bonds is 7. The molecule has 0 saturated heterocycles. The number of benzene rings is 5. The van der Waals surface area contributed by atoms with Gasteiger partial charge in [0.2, 0.25) is 0 Å². The van der Waals surface area contributed by atoms with Crippen LogP contribution in [0.3, 0.4) is 0 Å². The maximum atomic E-state index is 12.6. The van der Waals surface area contributed by atoms with E-state index in [1.165, 1.54) is 0 Å². The van der Waals surface area contributed by atoms with Crippen molar-refractivity contribution in [1.29, 1.82) is 0 Å². The summed E-state index contributed by atoms with van der Waals surface area (Å²) in [6, 6.07) is 29.3. The smallest absolute Gasteiger partial charge is 0.251 e. The second-order valence-corrected chi connectivity index (χ2v) is 9.73. The van der Waals surface area contributed by atoms with Crippen molar-refractivity contribution in [2.45, 2.75) is 5.92 Å². The van der Waals surface area contributed by atoms with Crippen molar-refractivity contribution in [3.8, 4) is 11.5 Å². The zero-order chi connectivity index (χ0) is 27.6. The zero-order valence-electron chi connectivity index (χ0n) is 21.7. The Labute approximate surface area is 231 Å². The highest BCUT2D eigenvalue weighted by Gasteiger charge is 2.32. The monoisotopic (exact) mass is 532 g/mol. The number of hydrogen-bond acceptors (Lipinski definition) is 5. The van der Waals surface area contributed by atoms with Gasteiger partial charge in [-0.2, -0.15) is 0 Å². The molecule has 0 radical (unpaired) electrons. The Balaban J connectivity index is 1.53. The minimum atomic E-state index is -0.236. The molecule has 0 saturated carbocycles. The SMILES string of the molecule is O=C(NCCO)c1ccc2c3c(ccc2c1)Oc1ccc2cc(C(=O)NCCO)ccc2c1C3c1ccccc1. The second kappa shape index (κ2) is 10.8. The lowest BCUT2D eigenvalue weighted by atomic mass is 9.78. The molecule has 0 aliphatic carbocycles. The number of hydrogen-bond donors (Lipinski definition) is 4. The Hall–Kier alpha value is -4.72. The number of carbonyl (C=O) groups excluding carboxylic acids is 2. The topological polar surface area (TPSA) is 108 Å². The highest BCUT2D eigenvalue weighted by Crippen LogP contribution is 2.52. The van der Waals surface area contributed by atoms with Crippen LogP contribution in [0.25, 0.3) is 21.5 Å². The van der Waals surface area contributed by atoms with Gasteiger partial charge < -0.3 is 25.6 Å². The van der Waals surface area contributed by atoms with E-state index >= 15 is 0 Å². The molecule has 5 aromatic rings. The Morgan fingerprint density at radius 3 is 1.62 bits per heavy atom. The third kappa shape index (κ3) is 4.55. The molecular weight excluding hydrogens is 504 g/mol. The molecule has 1 aliphatic heterocycles. The highest BCUT2D eigenvalue weighted by molar-refractivity contribution is 6.02. The summed E-state index contributed by atoms with van der Waals surface area (Å²) in [5, 5.41) is 27.4. The number of aliphatic hydroxyl groups is 2. The summed E-state index contributed by atoms with van der Waals surface area (Å²) >= 11 is 0. The van der Waals surface area contributed by atoms with Crippen LogP contribution in [0.4, 0.5) is 0 Å². The van der Waals surface area contributed by atoms with Crippen LogP contribution in [0.1, 0.15) is 43.3 Å². The van der Waals surface area contributed by atoms with Gasteiger partial charge in [-0.25, -0.2) is 0 Å². The van der Waals surface area contributed by atoms with Crippen LogP contribution in [0.2, 0.25) is 0 Å². The summed E-state index contributed by atoms with van der Waals surface area (Å²) in [5.41, 5.74) is 4.16. The molecule has 0 atom stereocenters. The van der Waals surface area contributed by atoms with E-state index in [1.54, 1.807) is 12.1 Å². The van der Waals surface area contributed by atoms with Gasteiger partial charge in [0.1, 0.15) is 11.5 Å². The predicted octanol–water partition coefficient (Wildman–Crippen LogP) is 4.72. The summed E-state index contributed by atoms with van der Waals surface area (Å²) in [4.78, 5) is 25.2. The summed E-state index contributed by atoms with van der Waals surface area (Å²) in [6.45, 7) is 0.148. The van der Waals surface area contributed by atoms with Gasteiger partial charge in [0.15, 0.2) is 0 Å². The van der Waals surface area contributed by atoms with E-state index in [0.717, 1.165) is 49.7 Å². The maximum absolute atomic E-state index is 12.6. The first-order chi connectivity index (χ1) is 19.6. The van der Waals surface area contributed by atoms with E-state index in [1.807, 2.05) is 66.7 Å². The number of ether oxygens (including phenoxy) is 1. The fraction of sp³-hybridized carbons (Fsp3) is 0.152. The van der Waals surface area contributed by atoms with Crippen LogP contribution in [-0.2, 0) is 0 Å². The lowest BCUT2D eigenvalue weighted by molar-refractivity contribution is 0.0937. The van der Waals surface area contributed by atoms with Gasteiger partial charge in [0.05, 0.1) is 13.2 Å². The van der Waals surface area contributed by atoms with Crippen molar-refractivity contribution in [3.05, 3.63) is 119 Å². The third-order valence-electron chi connectivity index (χ3n) is 7.29. The van der Waals surface area contributed by atoms with E-state index in [0.29, 0.717) is 11.1 Å². The highest BCUT2D eigenvalue weighted by atomic mass is 16.5. The van der Waals surface area contributed by atoms with Crippen molar-refractivity contribution >= 4 is 33.4 Å². The van der Waals surface area contributed by atoms with Crippen LogP contribution >= 0.6 is 0 Å². The molecule has 0 fully saturated rings. The standard InChI is InChI=1S/C33H28N2O5/c36-16-14-34-32(38)23-6-10-25-21(18-23)8-12-27-30(25)29(20-4-2-1-3-5-20)31-26-11-7-24(33(39)35-15-17-37)19-22(26)9-13-28(31)40-27/h1-13,18-19,29,36-37H,14-17H2,(H,34,38)(H,35,39). The average Bonchev–Trinajstić information content (AvgIpc) is 3.00. The molecule has 7 heteroatoms. The van der Waals surface area contributed by atoms with Gasteiger partial charge in [0, 0.05) is 41.3 Å². The molecule has 2 amide bonds. The number of amides is 2. The van der Waals surface area contributed by atoms with Crippen LogP contribution in [0, 0.1) is 0 Å². The van der Waals surface area contributed by atoms with Crippen molar-refractivity contribution in [1.82, 2.24) is 10.6 Å². The third-order valence-corrected chi connectivity index (χ3v) is 7.29. The number of nitrogens with one attached hydrogen (secondary N) is 2. The van der Waals surface area contributed by atoms with Crippen molar-refractivity contribution in [2.24, 2.45) is 0 Å². The molecule has 1 aliphatic rings. The van der Waals surface area contributed by atoms with E-state index in [9.17, 15) is 9.59 Å². The van der Waals surface area contributed by atoms with Crippen molar-refractivity contribution in [3.63, 3.8) is 0 Å². The normalized spacial score (nSPS) is 12.4. The lowest BCUT2D eigenvalue weighted by Gasteiger charge is -2.31. The summed E-state index contributed by atoms with van der Waals surface area (Å²) in [7, 11) is 0. The number of aliphatic hydroxyl groups excluding tert-OH is 2. The van der Waals surface area contributed by atoms with Gasteiger partial charge in [-0.15, -0.1) is 0 Å². The summed E-state index contributed by atoms with van der Waals surface area (Å²) < 4.78 is 6.49. The van der Waals surface area contributed by atoms with Crippen molar-refractivity contribution in [2.75, 3.05) is 26.3 Å². The fourth-order valence-electron chi connectivity index (χ4n) is 5.51. The first-order valence-corrected chi connectivity index (χ1v) is 13.2. The number of carbonyl (C=O) groups is 2. The first-order valence-electron chi connectivity index (χ1n) is 13.2. The molecule has 1 heterocycles. The van der Waals surface area contributed by atoms with Gasteiger partial charge >= 0.3 is 0 Å². The van der Waals surface area contributed by atoms with E-state index in [4.69, 9.17) is 14.9 Å². The predicted molar refractivity (Wildman–Crippen MR) is 154 cm³/mol. The Bertz CT molecular complexity index is 1640. The lowest BCUT2D eigenvalue weighted by Crippen LogP contribution is -2.26. The van der Waals surface area contributed by atoms with Gasteiger partial charge in [-0.1, -0.05) is 54.6 Å². The molecule has 0 unspecified atom stereocenters. The summed E-state index contributed by atoms with van der Waals surface area (Å²) in [6.07, 6.45) is 0. The molecule has 40 heavy (non-hydrogen) atoms. The van der Waals surface area contributed by atoms with Crippen LogP contribution in [0.5, 0.6) is 11.5 Å². The molecular formula is C33H28N2O5. The Morgan fingerprint density at radius 1 is 0.650 bits per heavy atom. The van der Waals surface area contributed by atoms with E-state index < -0.39 is 0 Å². The first kappa shape index (κ1) is 25.6. The second-order valence-electron chi connectivity index (χ2n) is 9.73. The van der Waals surface area contributed by atoms with Crippen LogP contribution < -0.4 is 15.4 Å². The zero-order valence-corrected chi connectivity index (χ0v) is 21.7. The van der Waals surface area contributed by atoms with E-state index in [2.05, 4.69) is 22.8 Å². The fourth-order valence-corrected chi connectivity index (χ4v) is 5.51. The summed E-state index contributed by atoms with van der Waals surface area (Å²) in [5.74, 6) is 0.881. The van der Waals surface area contributed by atoms with Gasteiger partial charge in [-0.3, -0.25) is 9.59 Å². The van der Waals surface area contributed by atoms with Gasteiger partial charge in [-0.05, 0) is 63.5 Å². The Morgan fingerprint density at radius 2 is 1.15 bits per heavy atom. The minimum absolute atomic E-state index is 0.120. The molecule has 0 aromatic heterocycles. The molecule has 0 bridgehead atoms. The van der Waals surface area contributed by atoms with Crippen LogP contribution in [-0.4, -0.2) is 48.3 Å². The molecule has 7 nitrogen and oxygen atoms in total. The molecule has 6 rings (SSSR count). The van der Waals surface area contributed by atoms with Gasteiger partial charge in [0.25, 0.3) is 11.8 Å². The molecule has 200 valence electrons. The van der Waals surface area contributed by atoms with Crippen LogP contribution in [0.15, 0.2) is 91.0 Å². The number of fused-ring (bicyclic) bond motifs is 6. The van der Waals surface area contributed by atoms with Crippen molar-refractivity contribution < 1.29 is 24.5 Å². The maximum Gasteiger partial charge on any atom is 0.251 e. The Kier molecular flexibility index (Phi) is 6.90. The largest absolute Gasteiger partial charge is 0.457 e. The minimum Gasteiger partial charge on any atom is -0.457 e. The van der Waals surface area contributed by atoms with E-state index in [-0.39, 0.29) is 44.0 Å². The molecule has 5 aromatic carbocycles. The molecule has 4 N–H and O–H groups in total. The quantitative estimate of drug-likeness (QED) is 0.238.